The highest BCUT2D eigenvalue weighted by Gasteiger charge is 2.24. The van der Waals surface area contributed by atoms with Gasteiger partial charge in [0.2, 0.25) is 0 Å². The Morgan fingerprint density at radius 2 is 1.88 bits per heavy atom. The molecular formula is C15H17N3O7. The molecule has 1 aromatic carbocycles. The molecule has 0 aliphatic carbocycles. The summed E-state index contributed by atoms with van der Waals surface area (Å²) in [5, 5.41) is 22.7. The van der Waals surface area contributed by atoms with Gasteiger partial charge < -0.3 is 14.0 Å². The van der Waals surface area contributed by atoms with Crippen molar-refractivity contribution in [2.45, 2.75) is 19.6 Å². The highest BCUT2D eigenvalue weighted by atomic mass is 16.7. The number of ether oxygens (including phenoxy) is 2. The largest absolute Gasteiger partial charge is 0.356 e. The number of hydrogen-bond acceptors (Lipinski definition) is 7. The fourth-order valence-electron chi connectivity index (χ4n) is 2.62. The van der Waals surface area contributed by atoms with Crippen molar-refractivity contribution < 1.29 is 19.3 Å². The van der Waals surface area contributed by atoms with Gasteiger partial charge in [0.1, 0.15) is 5.52 Å². The van der Waals surface area contributed by atoms with Gasteiger partial charge >= 0.3 is 0 Å². The number of nitro groups is 2. The van der Waals surface area contributed by atoms with Gasteiger partial charge in [-0.15, -0.1) is 0 Å². The quantitative estimate of drug-likeness (QED) is 0.423. The molecule has 0 spiro atoms. The highest BCUT2D eigenvalue weighted by molar-refractivity contribution is 5.92. The fraction of sp³-hybridized carbons (Fsp3) is 0.400. The summed E-state index contributed by atoms with van der Waals surface area (Å²) in [6.45, 7) is 2.13. The number of methoxy groups -OCH3 is 1. The molecule has 0 aliphatic rings. The van der Waals surface area contributed by atoms with E-state index in [1.54, 1.807) is 6.92 Å². The van der Waals surface area contributed by atoms with E-state index in [2.05, 4.69) is 0 Å². The smallest absolute Gasteiger partial charge is 0.300 e. The topological polar surface area (TPSA) is 127 Å². The van der Waals surface area contributed by atoms with Crippen molar-refractivity contribution in [2.24, 2.45) is 7.05 Å². The predicted octanol–water partition coefficient (Wildman–Crippen LogP) is 1.91. The SMILES string of the molecule is CCO[C@@H](Cc1cc(=O)n(C)c2c([N+](=O)[O-])cc([N+](=O)[O-])cc12)OC. The average molecular weight is 351 g/mol. The third-order valence-electron chi connectivity index (χ3n) is 3.79. The number of hydrogen-bond donors (Lipinski definition) is 0. The number of benzene rings is 1. The Morgan fingerprint density at radius 3 is 2.40 bits per heavy atom. The zero-order valence-electron chi connectivity index (χ0n) is 13.9. The summed E-state index contributed by atoms with van der Waals surface area (Å²) in [4.78, 5) is 33.2. The molecule has 0 unspecified atom stereocenters. The number of pyridine rings is 1. The number of non-ortho nitro benzene ring substituents is 2. The molecule has 25 heavy (non-hydrogen) atoms. The van der Waals surface area contributed by atoms with E-state index in [4.69, 9.17) is 9.47 Å². The summed E-state index contributed by atoms with van der Waals surface area (Å²) in [7, 11) is 2.80. The summed E-state index contributed by atoms with van der Waals surface area (Å²) >= 11 is 0. The minimum absolute atomic E-state index is 0.0180. The summed E-state index contributed by atoms with van der Waals surface area (Å²) in [5.41, 5.74) is -0.999. The molecule has 0 fully saturated rings. The summed E-state index contributed by atoms with van der Waals surface area (Å²) in [6.07, 6.45) is -0.562. The molecule has 1 atom stereocenters. The summed E-state index contributed by atoms with van der Waals surface area (Å²) in [5.74, 6) is 0. The Kier molecular flexibility index (Phi) is 5.45. The molecule has 2 aromatic rings. The van der Waals surface area contributed by atoms with Crippen LogP contribution in [0.2, 0.25) is 0 Å². The lowest BCUT2D eigenvalue weighted by Crippen LogP contribution is -2.23. The van der Waals surface area contributed by atoms with E-state index in [-0.39, 0.29) is 17.3 Å². The molecule has 10 heteroatoms. The van der Waals surface area contributed by atoms with Gasteiger partial charge in [-0.05, 0) is 12.5 Å². The molecule has 0 amide bonds. The average Bonchev–Trinajstić information content (AvgIpc) is 2.57. The minimum Gasteiger partial charge on any atom is -0.356 e. The highest BCUT2D eigenvalue weighted by Crippen LogP contribution is 2.32. The Morgan fingerprint density at radius 1 is 1.20 bits per heavy atom. The Balaban J connectivity index is 2.82. The van der Waals surface area contributed by atoms with E-state index in [0.717, 1.165) is 10.6 Å². The maximum Gasteiger partial charge on any atom is 0.300 e. The third-order valence-corrected chi connectivity index (χ3v) is 3.79. The first-order valence-electron chi connectivity index (χ1n) is 7.40. The molecule has 134 valence electrons. The van der Waals surface area contributed by atoms with Crippen LogP contribution in [0.4, 0.5) is 11.4 Å². The minimum atomic E-state index is -0.741. The van der Waals surface area contributed by atoms with Crippen molar-refractivity contribution in [3.8, 4) is 0 Å². The molecule has 10 nitrogen and oxygen atoms in total. The number of rotatable bonds is 7. The lowest BCUT2D eigenvalue weighted by molar-refractivity contribution is -0.393. The second-order valence-electron chi connectivity index (χ2n) is 5.27. The van der Waals surface area contributed by atoms with Crippen molar-refractivity contribution in [3.05, 3.63) is 54.3 Å². The van der Waals surface area contributed by atoms with Crippen molar-refractivity contribution in [3.63, 3.8) is 0 Å². The van der Waals surface area contributed by atoms with Gasteiger partial charge in [0, 0.05) is 44.7 Å². The van der Waals surface area contributed by atoms with Gasteiger partial charge in [-0.2, -0.15) is 0 Å². The van der Waals surface area contributed by atoms with Gasteiger partial charge in [-0.3, -0.25) is 25.0 Å². The first-order valence-corrected chi connectivity index (χ1v) is 7.40. The van der Waals surface area contributed by atoms with Crippen molar-refractivity contribution in [2.75, 3.05) is 13.7 Å². The first kappa shape index (κ1) is 18.5. The number of aromatic nitrogens is 1. The van der Waals surface area contributed by atoms with E-state index < -0.39 is 33.1 Å². The Hall–Kier alpha value is -2.85. The molecule has 0 saturated heterocycles. The lowest BCUT2D eigenvalue weighted by atomic mass is 10.0. The number of aryl methyl sites for hydroxylation is 1. The summed E-state index contributed by atoms with van der Waals surface area (Å²) in [6, 6.07) is 3.35. The van der Waals surface area contributed by atoms with Crippen molar-refractivity contribution >= 4 is 22.3 Å². The maximum atomic E-state index is 12.2. The van der Waals surface area contributed by atoms with Gasteiger partial charge in [-0.25, -0.2) is 0 Å². The Bertz CT molecular complexity index is 891. The van der Waals surface area contributed by atoms with Gasteiger partial charge in [-0.1, -0.05) is 0 Å². The Labute approximate surface area is 141 Å². The van der Waals surface area contributed by atoms with Crippen molar-refractivity contribution in [1.29, 1.82) is 0 Å². The molecule has 0 N–H and O–H groups in total. The normalized spacial score (nSPS) is 12.3. The molecular weight excluding hydrogens is 334 g/mol. The summed E-state index contributed by atoms with van der Waals surface area (Å²) < 4.78 is 11.6. The second-order valence-corrected chi connectivity index (χ2v) is 5.27. The fourth-order valence-corrected chi connectivity index (χ4v) is 2.62. The van der Waals surface area contributed by atoms with Crippen LogP contribution in [0.3, 0.4) is 0 Å². The predicted molar refractivity (Wildman–Crippen MR) is 88.6 cm³/mol. The second kappa shape index (κ2) is 7.36. The maximum absolute atomic E-state index is 12.2. The van der Waals surface area contributed by atoms with Crippen LogP contribution in [-0.4, -0.2) is 34.4 Å². The molecule has 0 bridgehead atoms. The monoisotopic (exact) mass is 351 g/mol. The van der Waals surface area contributed by atoms with Crippen LogP contribution in [0.1, 0.15) is 12.5 Å². The van der Waals surface area contributed by atoms with E-state index in [1.165, 1.54) is 26.3 Å². The molecule has 2 rings (SSSR count). The number of nitrogens with zero attached hydrogens (tertiary/aromatic N) is 3. The van der Waals surface area contributed by atoms with Crippen LogP contribution in [0, 0.1) is 20.2 Å². The number of fused-ring (bicyclic) bond motifs is 1. The van der Waals surface area contributed by atoms with Crippen LogP contribution in [0.25, 0.3) is 10.9 Å². The first-order chi connectivity index (χ1) is 11.8. The van der Waals surface area contributed by atoms with E-state index in [1.807, 2.05) is 0 Å². The van der Waals surface area contributed by atoms with Crippen LogP contribution in [0.5, 0.6) is 0 Å². The van der Waals surface area contributed by atoms with E-state index in [0.29, 0.717) is 12.2 Å². The van der Waals surface area contributed by atoms with E-state index in [9.17, 15) is 25.0 Å². The van der Waals surface area contributed by atoms with Gasteiger partial charge in [0.15, 0.2) is 6.29 Å². The van der Waals surface area contributed by atoms with Crippen LogP contribution in [-0.2, 0) is 22.9 Å². The molecule has 1 aromatic heterocycles. The number of nitro benzene ring substituents is 2. The standard InChI is InChI=1S/C15H17N3O7/c1-4-25-14(24-3)6-9-5-13(19)16(2)15-11(9)7-10(17(20)21)8-12(15)18(22)23/h5,7-8,14H,4,6H2,1-3H3/t14-/m0/s1. The van der Waals surface area contributed by atoms with Crippen LogP contribution >= 0.6 is 0 Å². The molecule has 0 aliphatic heterocycles. The van der Waals surface area contributed by atoms with Gasteiger partial charge in [0.05, 0.1) is 15.9 Å². The molecule has 0 saturated carbocycles. The molecule has 1 heterocycles. The third kappa shape index (κ3) is 3.64. The van der Waals surface area contributed by atoms with Crippen LogP contribution < -0.4 is 5.56 Å². The van der Waals surface area contributed by atoms with Gasteiger partial charge in [0.25, 0.3) is 16.9 Å². The van der Waals surface area contributed by atoms with Crippen LogP contribution in [0.15, 0.2) is 23.0 Å². The lowest BCUT2D eigenvalue weighted by Gasteiger charge is -2.17. The van der Waals surface area contributed by atoms with E-state index >= 15 is 0 Å². The zero-order chi connectivity index (χ0) is 18.7. The van der Waals surface area contributed by atoms with Crippen molar-refractivity contribution in [1.82, 2.24) is 4.57 Å². The zero-order valence-corrected chi connectivity index (χ0v) is 13.9. The molecule has 0 radical (unpaired) electrons.